The summed E-state index contributed by atoms with van der Waals surface area (Å²) >= 11 is 3.51. The summed E-state index contributed by atoms with van der Waals surface area (Å²) in [5.74, 6) is -0.0697. The van der Waals surface area contributed by atoms with Crippen molar-refractivity contribution in [1.29, 1.82) is 0 Å². The van der Waals surface area contributed by atoms with Crippen LogP contribution in [0.5, 0.6) is 0 Å². The van der Waals surface area contributed by atoms with E-state index in [9.17, 15) is 18.3 Å². The number of nitrogens with one attached hydrogen (secondary N) is 1. The third-order valence-electron chi connectivity index (χ3n) is 5.58. The van der Waals surface area contributed by atoms with E-state index in [-0.39, 0.29) is 18.3 Å². The molecule has 0 amide bonds. The number of hydrogen-bond acceptors (Lipinski definition) is 2. The molecule has 0 radical (unpaired) electrons. The Morgan fingerprint density at radius 3 is 2.28 bits per heavy atom. The van der Waals surface area contributed by atoms with E-state index in [2.05, 4.69) is 21.2 Å². The average Bonchev–Trinajstić information content (AvgIpc) is 2.65. The highest BCUT2D eigenvalue weighted by Gasteiger charge is 2.38. The molecule has 2 aromatic rings. The van der Waals surface area contributed by atoms with Gasteiger partial charge in [-0.25, -0.2) is 0 Å². The van der Waals surface area contributed by atoms with Crippen LogP contribution < -0.4 is 5.32 Å². The lowest BCUT2D eigenvalue weighted by Gasteiger charge is -2.40. The molecular formula is C22H26BrClF3NO. The lowest BCUT2D eigenvalue weighted by Crippen LogP contribution is -2.43. The van der Waals surface area contributed by atoms with Gasteiger partial charge >= 0.3 is 6.18 Å². The summed E-state index contributed by atoms with van der Waals surface area (Å²) in [6.07, 6.45) is 0.395. The van der Waals surface area contributed by atoms with Gasteiger partial charge in [-0.05, 0) is 48.2 Å². The second-order valence-electron chi connectivity index (χ2n) is 7.60. The summed E-state index contributed by atoms with van der Waals surface area (Å²) in [5, 5.41) is 14.7. The molecule has 1 fully saturated rings. The molecule has 0 aromatic heterocycles. The molecular weight excluding hydrogens is 467 g/mol. The smallest absolute Gasteiger partial charge is 0.389 e. The lowest BCUT2D eigenvalue weighted by atomic mass is 9.72. The summed E-state index contributed by atoms with van der Waals surface area (Å²) < 4.78 is 39.1. The van der Waals surface area contributed by atoms with Gasteiger partial charge in [0.15, 0.2) is 0 Å². The molecule has 7 heteroatoms. The van der Waals surface area contributed by atoms with Crippen LogP contribution in [0.4, 0.5) is 13.2 Å². The van der Waals surface area contributed by atoms with Crippen molar-refractivity contribution in [1.82, 2.24) is 5.32 Å². The Kier molecular flexibility index (Phi) is 8.59. The van der Waals surface area contributed by atoms with Gasteiger partial charge in [-0.1, -0.05) is 59.5 Å². The molecule has 0 spiro atoms. The van der Waals surface area contributed by atoms with Crippen LogP contribution in [0.15, 0.2) is 53.0 Å². The van der Waals surface area contributed by atoms with Gasteiger partial charge in [-0.3, -0.25) is 0 Å². The third kappa shape index (κ3) is 6.45. The van der Waals surface area contributed by atoms with Crippen LogP contribution in [0.1, 0.15) is 54.7 Å². The Morgan fingerprint density at radius 2 is 1.69 bits per heavy atom. The lowest BCUT2D eigenvalue weighted by molar-refractivity contribution is -0.137. The zero-order chi connectivity index (χ0) is 20.2. The predicted molar refractivity (Wildman–Crippen MR) is 115 cm³/mol. The number of halogens is 5. The summed E-state index contributed by atoms with van der Waals surface area (Å²) in [5.41, 5.74) is 0.460. The molecule has 2 nitrogen and oxygen atoms in total. The third-order valence-corrected chi connectivity index (χ3v) is 6.07. The molecule has 1 unspecified atom stereocenters. The first-order chi connectivity index (χ1) is 13.3. The van der Waals surface area contributed by atoms with E-state index >= 15 is 0 Å². The minimum atomic E-state index is -4.32. The number of benzene rings is 2. The normalized spacial score (nSPS) is 17.4. The maximum Gasteiger partial charge on any atom is 0.416 e. The van der Waals surface area contributed by atoms with E-state index in [1.807, 2.05) is 24.3 Å². The molecule has 1 aliphatic rings. The summed E-state index contributed by atoms with van der Waals surface area (Å²) in [4.78, 5) is 0. The van der Waals surface area contributed by atoms with E-state index in [4.69, 9.17) is 0 Å². The van der Waals surface area contributed by atoms with Gasteiger partial charge in [0.05, 0.1) is 11.2 Å². The quantitative estimate of drug-likeness (QED) is 0.485. The largest absolute Gasteiger partial charge is 0.416 e. The van der Waals surface area contributed by atoms with Crippen molar-refractivity contribution in [2.24, 2.45) is 0 Å². The Labute approximate surface area is 184 Å². The van der Waals surface area contributed by atoms with Crippen molar-refractivity contribution in [3.8, 4) is 0 Å². The van der Waals surface area contributed by atoms with Crippen LogP contribution in [0.2, 0.25) is 0 Å². The van der Waals surface area contributed by atoms with Gasteiger partial charge < -0.3 is 10.4 Å². The molecule has 0 saturated heterocycles. The van der Waals surface area contributed by atoms with Gasteiger partial charge in [-0.15, -0.1) is 12.4 Å². The van der Waals surface area contributed by atoms with Crippen LogP contribution in [0.25, 0.3) is 0 Å². The number of aliphatic hydroxyl groups is 1. The SMILES string of the molecule is Cl.OC1(C(CNCc2ccc(C(F)(F)F)cc2)c2cccc(Br)c2)CCCCC1. The van der Waals surface area contributed by atoms with Crippen molar-refractivity contribution in [3.05, 3.63) is 69.7 Å². The fraction of sp³-hybridized carbons (Fsp3) is 0.455. The monoisotopic (exact) mass is 491 g/mol. The number of hydrogen-bond donors (Lipinski definition) is 2. The van der Waals surface area contributed by atoms with Crippen LogP contribution in [0, 0.1) is 0 Å². The summed E-state index contributed by atoms with van der Waals surface area (Å²) in [7, 11) is 0. The molecule has 29 heavy (non-hydrogen) atoms. The molecule has 0 bridgehead atoms. The van der Waals surface area contributed by atoms with Gasteiger partial charge in [0.2, 0.25) is 0 Å². The van der Waals surface area contributed by atoms with Gasteiger partial charge in [0.1, 0.15) is 0 Å². The van der Waals surface area contributed by atoms with Gasteiger partial charge in [0.25, 0.3) is 0 Å². The highest BCUT2D eigenvalue weighted by atomic mass is 79.9. The summed E-state index contributed by atoms with van der Waals surface area (Å²) in [6.45, 7) is 1.02. The van der Waals surface area contributed by atoms with Crippen LogP contribution in [0.3, 0.4) is 0 Å². The maximum atomic E-state index is 12.7. The van der Waals surface area contributed by atoms with E-state index in [1.165, 1.54) is 12.1 Å². The Hall–Kier alpha value is -1.08. The van der Waals surface area contributed by atoms with Crippen LogP contribution in [-0.2, 0) is 12.7 Å². The molecule has 0 heterocycles. The zero-order valence-corrected chi connectivity index (χ0v) is 18.4. The Morgan fingerprint density at radius 1 is 1.03 bits per heavy atom. The molecule has 1 atom stereocenters. The van der Waals surface area contributed by atoms with E-state index in [0.29, 0.717) is 13.1 Å². The topological polar surface area (TPSA) is 32.3 Å². The molecule has 1 saturated carbocycles. The first-order valence-corrected chi connectivity index (χ1v) is 10.4. The first kappa shape index (κ1) is 24.2. The molecule has 1 aliphatic carbocycles. The minimum Gasteiger partial charge on any atom is -0.389 e. The van der Waals surface area contributed by atoms with Crippen molar-refractivity contribution in [2.75, 3.05) is 6.54 Å². The second-order valence-corrected chi connectivity index (χ2v) is 8.51. The zero-order valence-electron chi connectivity index (χ0n) is 16.0. The van der Waals surface area contributed by atoms with Crippen molar-refractivity contribution in [3.63, 3.8) is 0 Å². The van der Waals surface area contributed by atoms with Crippen LogP contribution >= 0.6 is 28.3 Å². The van der Waals surface area contributed by atoms with E-state index in [1.54, 1.807) is 0 Å². The fourth-order valence-electron chi connectivity index (χ4n) is 4.03. The van der Waals surface area contributed by atoms with Crippen molar-refractivity contribution < 1.29 is 18.3 Å². The Bertz CT molecular complexity index is 776. The molecule has 2 aromatic carbocycles. The van der Waals surface area contributed by atoms with Gasteiger partial charge in [-0.2, -0.15) is 13.2 Å². The number of rotatable bonds is 6. The average molecular weight is 493 g/mol. The Balaban J connectivity index is 0.00000300. The van der Waals surface area contributed by atoms with Crippen molar-refractivity contribution >= 4 is 28.3 Å². The maximum absolute atomic E-state index is 12.7. The molecule has 2 N–H and O–H groups in total. The number of alkyl halides is 3. The second kappa shape index (κ2) is 10.3. The highest BCUT2D eigenvalue weighted by Crippen LogP contribution is 2.40. The summed E-state index contributed by atoms with van der Waals surface area (Å²) in [6, 6.07) is 13.2. The molecule has 160 valence electrons. The molecule has 3 rings (SSSR count). The highest BCUT2D eigenvalue weighted by molar-refractivity contribution is 9.10. The fourth-order valence-corrected chi connectivity index (χ4v) is 4.44. The van der Waals surface area contributed by atoms with Gasteiger partial charge in [0, 0.05) is 23.5 Å². The molecule has 0 aliphatic heterocycles. The standard InChI is InChI=1S/C22H25BrF3NO.ClH/c23-19-6-4-5-17(13-19)20(21(28)11-2-1-3-12-21)15-27-14-16-7-9-18(10-8-16)22(24,25)26;/h4-10,13,20,27-28H,1-3,11-12,14-15H2;1H. The van der Waals surface area contributed by atoms with E-state index < -0.39 is 17.3 Å². The van der Waals surface area contributed by atoms with Crippen molar-refractivity contribution in [2.45, 2.75) is 56.3 Å². The minimum absolute atomic E-state index is 0. The first-order valence-electron chi connectivity index (χ1n) is 9.63. The predicted octanol–water partition coefficient (Wildman–Crippen LogP) is 6.46. The van der Waals surface area contributed by atoms with Crippen LogP contribution in [-0.4, -0.2) is 17.3 Å². The van der Waals surface area contributed by atoms with E-state index in [0.717, 1.165) is 59.8 Å².